The largest absolute Gasteiger partial charge is 2.00 e. The first-order valence-electron chi connectivity index (χ1n) is 21.0. The molecule has 0 spiro atoms. The van der Waals surface area contributed by atoms with Crippen molar-refractivity contribution >= 4 is 38.6 Å². The van der Waals surface area contributed by atoms with Crippen LogP contribution in [-0.4, -0.2) is 20.1 Å². The number of aliphatic imine (C=N–C) groups is 1. The molecule has 302 valence electrons. The average molecular weight is 973 g/mol. The first-order chi connectivity index (χ1) is 27.5. The predicted octanol–water partition coefficient (Wildman–Crippen LogP) is 14.3. The summed E-state index contributed by atoms with van der Waals surface area (Å²) in [4.78, 5) is 10.6. The van der Waals surface area contributed by atoms with Gasteiger partial charge in [-0.15, -0.1) is 59.3 Å². The number of benzene rings is 5. The van der Waals surface area contributed by atoms with Crippen molar-refractivity contribution in [2.24, 2.45) is 4.99 Å². The SMILES string of the molecule is Cc1ccc2c(c1)c1ccc(-c3cc(C(C)(C)C)ccn3)[c-]c1n2-c1[c-]c(C2=N[C@]3(C)Cc4c(ccc(C)c4C)[C@]3(C)S2)cc(-c2c(C(C)C)cccc2C(C)C)c1.[Pt+2]. The molecule has 0 saturated heterocycles. The van der Waals surface area contributed by atoms with Crippen molar-refractivity contribution in [1.82, 2.24) is 9.55 Å². The zero-order chi connectivity index (χ0) is 41.1. The van der Waals surface area contributed by atoms with Crippen LogP contribution in [-0.2, 0) is 37.6 Å². The van der Waals surface area contributed by atoms with Crippen LogP contribution in [0.4, 0.5) is 0 Å². The van der Waals surface area contributed by atoms with Crippen LogP contribution in [0.1, 0.15) is 124 Å². The number of hydrogen-bond acceptors (Lipinski definition) is 3. The van der Waals surface area contributed by atoms with Gasteiger partial charge in [0.2, 0.25) is 0 Å². The van der Waals surface area contributed by atoms with E-state index in [0.717, 1.165) is 45.0 Å². The number of aromatic nitrogens is 2. The molecule has 3 nitrogen and oxygen atoms in total. The van der Waals surface area contributed by atoms with Crippen LogP contribution < -0.4 is 0 Å². The van der Waals surface area contributed by atoms with Gasteiger partial charge in [0.15, 0.2) is 0 Å². The summed E-state index contributed by atoms with van der Waals surface area (Å²) in [6, 6.07) is 39.9. The molecular formula is C54H55N3PtS. The molecule has 1 aliphatic heterocycles. The van der Waals surface area contributed by atoms with E-state index < -0.39 is 0 Å². The van der Waals surface area contributed by atoms with Crippen LogP contribution in [0.5, 0.6) is 0 Å². The quantitative estimate of drug-likeness (QED) is 0.155. The van der Waals surface area contributed by atoms with Gasteiger partial charge in [0.05, 0.1) is 10.3 Å². The van der Waals surface area contributed by atoms with E-state index in [1.807, 2.05) is 18.0 Å². The summed E-state index contributed by atoms with van der Waals surface area (Å²) in [5.41, 5.74) is 19.3. The van der Waals surface area contributed by atoms with Crippen molar-refractivity contribution < 1.29 is 21.1 Å². The van der Waals surface area contributed by atoms with Crippen molar-refractivity contribution in [1.29, 1.82) is 0 Å². The Labute approximate surface area is 370 Å². The summed E-state index contributed by atoms with van der Waals surface area (Å²) in [7, 11) is 0. The van der Waals surface area contributed by atoms with Gasteiger partial charge in [-0.1, -0.05) is 114 Å². The van der Waals surface area contributed by atoms with Crippen LogP contribution in [0.3, 0.4) is 0 Å². The van der Waals surface area contributed by atoms with Crippen molar-refractivity contribution in [2.45, 2.75) is 117 Å². The molecule has 9 rings (SSSR count). The van der Waals surface area contributed by atoms with Gasteiger partial charge in [0.1, 0.15) is 0 Å². The van der Waals surface area contributed by atoms with Gasteiger partial charge < -0.3 is 14.5 Å². The first-order valence-corrected chi connectivity index (χ1v) is 21.8. The fourth-order valence-corrected chi connectivity index (χ4v) is 11.0. The number of nitrogens with zero attached hydrogens (tertiary/aromatic N) is 3. The Balaban J connectivity index is 0.00000484. The van der Waals surface area contributed by atoms with Crippen LogP contribution in [0.15, 0.2) is 96.1 Å². The second kappa shape index (κ2) is 14.7. The molecule has 2 aliphatic rings. The molecule has 5 aromatic carbocycles. The van der Waals surface area contributed by atoms with Gasteiger partial charge in [-0.05, 0) is 137 Å². The van der Waals surface area contributed by atoms with Gasteiger partial charge in [0, 0.05) is 16.8 Å². The molecule has 59 heavy (non-hydrogen) atoms. The average Bonchev–Trinajstić information content (AvgIpc) is 3.73. The van der Waals surface area contributed by atoms with Crippen LogP contribution in [0, 0.1) is 32.9 Å². The molecule has 5 heteroatoms. The molecule has 0 saturated carbocycles. The molecule has 1 aliphatic carbocycles. The number of rotatable bonds is 6. The van der Waals surface area contributed by atoms with E-state index in [1.54, 1.807) is 0 Å². The predicted molar refractivity (Wildman–Crippen MR) is 248 cm³/mol. The number of aryl methyl sites for hydroxylation is 2. The van der Waals surface area contributed by atoms with Crippen LogP contribution >= 0.6 is 11.8 Å². The number of pyridine rings is 1. The second-order valence-corrected chi connectivity index (χ2v) is 20.4. The van der Waals surface area contributed by atoms with E-state index in [2.05, 4.69) is 185 Å². The normalized spacial score (nSPS) is 18.8. The van der Waals surface area contributed by atoms with E-state index in [4.69, 9.17) is 9.98 Å². The standard InChI is InChI=1S/C54H55N3S.Pt/c1-31(2)41-14-13-15-42(32(3)4)50(41)37-25-38(51-56-53(11)30-45-35(7)34(6)17-20-46(45)54(53,12)58-51)27-40(26-37)57-48-21-16-33(5)24-44(48)43-19-18-36(28-49(43)57)47-29-39(22-23-55-47)52(8,9)10;/h13-26,29,31-32H,30H2,1-12H3;/q-2;+2/t53-,54+;/m1./s1. The summed E-state index contributed by atoms with van der Waals surface area (Å²) in [6.45, 7) is 27.5. The third-order valence-corrected chi connectivity index (χ3v) is 14.9. The Morgan fingerprint density at radius 1 is 0.780 bits per heavy atom. The van der Waals surface area contributed by atoms with Gasteiger partial charge >= 0.3 is 21.1 Å². The van der Waals surface area contributed by atoms with Crippen molar-refractivity contribution in [2.75, 3.05) is 0 Å². The summed E-state index contributed by atoms with van der Waals surface area (Å²) in [6.07, 6.45) is 2.88. The minimum Gasteiger partial charge on any atom is -0.346 e. The van der Waals surface area contributed by atoms with Gasteiger partial charge in [-0.2, -0.15) is 0 Å². The van der Waals surface area contributed by atoms with E-state index in [-0.39, 0.29) is 36.8 Å². The zero-order valence-electron chi connectivity index (χ0n) is 36.6. The number of hydrogen-bond donors (Lipinski definition) is 0. The maximum Gasteiger partial charge on any atom is 2.00 e. The smallest absolute Gasteiger partial charge is 0.346 e. The maximum absolute atomic E-state index is 5.72. The van der Waals surface area contributed by atoms with E-state index >= 15 is 0 Å². The third-order valence-electron chi connectivity index (χ3n) is 13.3. The Bertz CT molecular complexity index is 2830. The Kier molecular flexibility index (Phi) is 10.4. The molecule has 2 atom stereocenters. The van der Waals surface area contributed by atoms with Crippen molar-refractivity contribution in [3.05, 3.63) is 153 Å². The molecule has 0 fully saturated rings. The Hall–Kier alpha value is -4.24. The van der Waals surface area contributed by atoms with Crippen molar-refractivity contribution in [3.8, 4) is 28.1 Å². The summed E-state index contributed by atoms with van der Waals surface area (Å²) < 4.78 is 2.22. The fourth-order valence-electron chi connectivity index (χ4n) is 9.54. The maximum atomic E-state index is 5.72. The minimum atomic E-state index is -0.265. The Morgan fingerprint density at radius 2 is 1.51 bits per heavy atom. The topological polar surface area (TPSA) is 30.2 Å². The van der Waals surface area contributed by atoms with Crippen LogP contribution in [0.25, 0.3) is 49.9 Å². The molecule has 0 unspecified atom stereocenters. The van der Waals surface area contributed by atoms with E-state index in [1.165, 1.54) is 66.4 Å². The second-order valence-electron chi connectivity index (χ2n) is 19.0. The van der Waals surface area contributed by atoms with Crippen LogP contribution in [0.2, 0.25) is 0 Å². The van der Waals surface area contributed by atoms with Gasteiger partial charge in [-0.25, -0.2) is 0 Å². The van der Waals surface area contributed by atoms with Crippen molar-refractivity contribution in [3.63, 3.8) is 0 Å². The molecule has 7 aromatic rings. The Morgan fingerprint density at radius 3 is 2.20 bits per heavy atom. The molecular weight excluding hydrogens is 918 g/mol. The van der Waals surface area contributed by atoms with Gasteiger partial charge in [-0.3, -0.25) is 0 Å². The summed E-state index contributed by atoms with van der Waals surface area (Å²) >= 11 is 1.93. The third kappa shape index (κ3) is 6.69. The molecule has 0 N–H and O–H groups in total. The first kappa shape index (κ1) is 41.5. The molecule has 2 aromatic heterocycles. The number of fused-ring (bicyclic) bond motifs is 6. The van der Waals surface area contributed by atoms with E-state index in [0.29, 0.717) is 11.8 Å². The molecule has 0 amide bonds. The molecule has 3 heterocycles. The van der Waals surface area contributed by atoms with E-state index in [9.17, 15) is 0 Å². The zero-order valence-corrected chi connectivity index (χ0v) is 39.7. The fraction of sp³-hybridized carbons (Fsp3) is 0.333. The summed E-state index contributed by atoms with van der Waals surface area (Å²) in [5.74, 6) is 0.707. The molecule has 0 radical (unpaired) electrons. The minimum absolute atomic E-state index is 0. The summed E-state index contributed by atoms with van der Waals surface area (Å²) in [5, 5.41) is 3.45. The number of thioether (sulfide) groups is 1. The monoisotopic (exact) mass is 972 g/mol. The van der Waals surface area contributed by atoms with Gasteiger partial charge in [0.25, 0.3) is 0 Å². The molecule has 0 bridgehead atoms.